The van der Waals surface area contributed by atoms with Crippen LogP contribution >= 0.6 is 0 Å². The van der Waals surface area contributed by atoms with Crippen molar-refractivity contribution < 1.29 is 13.2 Å². The predicted molar refractivity (Wildman–Crippen MR) is 90.7 cm³/mol. The van der Waals surface area contributed by atoms with Crippen LogP contribution in [0.15, 0.2) is 29.4 Å². The zero-order valence-electron chi connectivity index (χ0n) is 14.0. The van der Waals surface area contributed by atoms with Crippen molar-refractivity contribution in [1.29, 1.82) is 0 Å². The van der Waals surface area contributed by atoms with Gasteiger partial charge in [-0.15, -0.1) is 0 Å². The van der Waals surface area contributed by atoms with Crippen molar-refractivity contribution in [3.63, 3.8) is 0 Å². The van der Waals surface area contributed by atoms with Crippen LogP contribution in [0.25, 0.3) is 0 Å². The van der Waals surface area contributed by atoms with Gasteiger partial charge in [-0.25, -0.2) is 8.42 Å². The van der Waals surface area contributed by atoms with Crippen LogP contribution in [0.5, 0.6) is 0 Å². The largest absolute Gasteiger partial charge is 0.352 e. The van der Waals surface area contributed by atoms with E-state index in [1.54, 1.807) is 6.07 Å². The smallest absolute Gasteiger partial charge is 0.245 e. The van der Waals surface area contributed by atoms with E-state index >= 15 is 0 Å². The summed E-state index contributed by atoms with van der Waals surface area (Å²) in [5, 5.41) is 3.04. The summed E-state index contributed by atoms with van der Waals surface area (Å²) in [5.74, 6) is 0.250. The second-order valence-electron chi connectivity index (χ2n) is 6.91. The molecular weight excluding hydrogens is 326 g/mol. The number of nitrogens with one attached hydrogen (secondary N) is 1. The fourth-order valence-corrected chi connectivity index (χ4v) is 4.94. The highest BCUT2D eigenvalue weighted by molar-refractivity contribution is 7.89. The van der Waals surface area contributed by atoms with Gasteiger partial charge in [0.1, 0.15) is 4.90 Å². The molecule has 1 N–H and O–H groups in total. The van der Waals surface area contributed by atoms with Crippen LogP contribution in [-0.4, -0.2) is 42.2 Å². The summed E-state index contributed by atoms with van der Waals surface area (Å²) in [6.07, 6.45) is 8.92. The average molecular weight is 351 g/mol. The molecule has 2 aliphatic rings. The first-order chi connectivity index (χ1) is 11.5. The number of pyridine rings is 1. The third-order valence-corrected chi connectivity index (χ3v) is 6.83. The van der Waals surface area contributed by atoms with Gasteiger partial charge in [0.25, 0.3) is 0 Å². The highest BCUT2D eigenvalue weighted by Crippen LogP contribution is 2.31. The van der Waals surface area contributed by atoms with E-state index < -0.39 is 10.0 Å². The van der Waals surface area contributed by atoms with Gasteiger partial charge in [-0.3, -0.25) is 9.78 Å². The number of amides is 1. The van der Waals surface area contributed by atoms with Gasteiger partial charge in [-0.05, 0) is 43.7 Å². The maximum atomic E-state index is 12.8. The van der Waals surface area contributed by atoms with E-state index in [0.29, 0.717) is 5.92 Å². The molecule has 2 aliphatic carbocycles. The first kappa shape index (κ1) is 17.4. The standard InChI is InChI=1S/C17H25N3O3S/c1-13-5-2-3-7-16(13)19-17(21)12-20(14-8-9-14)24(22,23)15-6-4-10-18-11-15/h4,6,10-11,13-14,16H,2-3,5,7-9,12H2,1H3,(H,19,21)/t13-,16+/m0/s1. The lowest BCUT2D eigenvalue weighted by Gasteiger charge is -2.30. The Balaban J connectivity index is 1.69. The summed E-state index contributed by atoms with van der Waals surface area (Å²) in [4.78, 5) is 16.5. The molecule has 2 fully saturated rings. The van der Waals surface area contributed by atoms with E-state index in [2.05, 4.69) is 17.2 Å². The molecule has 2 atom stereocenters. The molecule has 3 rings (SSSR count). The molecule has 6 nitrogen and oxygen atoms in total. The summed E-state index contributed by atoms with van der Waals surface area (Å²) in [7, 11) is -3.68. The van der Waals surface area contributed by atoms with Crippen molar-refractivity contribution in [1.82, 2.24) is 14.6 Å². The molecule has 1 aromatic rings. The Morgan fingerprint density at radius 2 is 2.04 bits per heavy atom. The number of hydrogen-bond donors (Lipinski definition) is 1. The number of rotatable bonds is 6. The topological polar surface area (TPSA) is 79.4 Å². The Morgan fingerprint density at radius 3 is 2.67 bits per heavy atom. The maximum absolute atomic E-state index is 12.8. The minimum atomic E-state index is -3.68. The normalized spacial score (nSPS) is 24.8. The number of carbonyl (C=O) groups excluding carboxylic acids is 1. The van der Waals surface area contributed by atoms with E-state index in [1.165, 1.54) is 29.2 Å². The number of carbonyl (C=O) groups is 1. The second kappa shape index (κ2) is 7.19. The van der Waals surface area contributed by atoms with Gasteiger partial charge in [-0.2, -0.15) is 4.31 Å². The molecule has 0 aliphatic heterocycles. The molecule has 0 radical (unpaired) electrons. The van der Waals surface area contributed by atoms with E-state index in [9.17, 15) is 13.2 Å². The summed E-state index contributed by atoms with van der Waals surface area (Å²) in [6, 6.07) is 3.22. The van der Waals surface area contributed by atoms with Crippen LogP contribution in [0, 0.1) is 5.92 Å². The van der Waals surface area contributed by atoms with E-state index in [0.717, 1.165) is 32.1 Å². The van der Waals surface area contributed by atoms with Crippen molar-refractivity contribution in [3.05, 3.63) is 24.5 Å². The summed E-state index contributed by atoms with van der Waals surface area (Å²) in [6.45, 7) is 2.04. The first-order valence-corrected chi connectivity index (χ1v) is 10.1. The van der Waals surface area contributed by atoms with E-state index in [-0.39, 0.29) is 29.4 Å². The quantitative estimate of drug-likeness (QED) is 0.849. The molecule has 0 aromatic carbocycles. The SMILES string of the molecule is C[C@H]1CCCC[C@H]1NC(=O)CN(C1CC1)S(=O)(=O)c1cccnc1. The van der Waals surface area contributed by atoms with Crippen LogP contribution in [-0.2, 0) is 14.8 Å². The molecule has 0 saturated heterocycles. The molecular formula is C17H25N3O3S. The highest BCUT2D eigenvalue weighted by Gasteiger charge is 2.39. The molecule has 2 saturated carbocycles. The van der Waals surface area contributed by atoms with Crippen molar-refractivity contribution in [2.75, 3.05) is 6.54 Å². The molecule has 0 unspecified atom stereocenters. The Morgan fingerprint density at radius 1 is 1.29 bits per heavy atom. The Bertz CT molecular complexity index is 674. The molecule has 7 heteroatoms. The molecule has 132 valence electrons. The lowest BCUT2D eigenvalue weighted by molar-refractivity contribution is -0.122. The molecule has 24 heavy (non-hydrogen) atoms. The van der Waals surface area contributed by atoms with Crippen molar-refractivity contribution in [2.45, 2.75) is 62.4 Å². The summed E-state index contributed by atoms with van der Waals surface area (Å²) >= 11 is 0. The van der Waals surface area contributed by atoms with Crippen LogP contribution < -0.4 is 5.32 Å². The molecule has 1 amide bonds. The van der Waals surface area contributed by atoms with Crippen LogP contribution in [0.1, 0.15) is 45.4 Å². The third kappa shape index (κ3) is 3.95. The van der Waals surface area contributed by atoms with Gasteiger partial charge in [-0.1, -0.05) is 19.8 Å². The van der Waals surface area contributed by atoms with E-state index in [1.807, 2.05) is 0 Å². The number of sulfonamides is 1. The van der Waals surface area contributed by atoms with Crippen molar-refractivity contribution in [3.8, 4) is 0 Å². The minimum Gasteiger partial charge on any atom is -0.352 e. The van der Waals surface area contributed by atoms with Gasteiger partial charge < -0.3 is 5.32 Å². The van der Waals surface area contributed by atoms with Gasteiger partial charge in [0.15, 0.2) is 0 Å². The van der Waals surface area contributed by atoms with Gasteiger partial charge >= 0.3 is 0 Å². The lowest BCUT2D eigenvalue weighted by atomic mass is 9.86. The van der Waals surface area contributed by atoms with E-state index in [4.69, 9.17) is 0 Å². The fourth-order valence-electron chi connectivity index (χ4n) is 3.33. The molecule has 0 spiro atoms. The summed E-state index contributed by atoms with van der Waals surface area (Å²) < 4.78 is 27.0. The Kier molecular flexibility index (Phi) is 5.20. The van der Waals surface area contributed by atoms with Crippen LogP contribution in [0.2, 0.25) is 0 Å². The highest BCUT2D eigenvalue weighted by atomic mass is 32.2. The molecule has 1 aromatic heterocycles. The fraction of sp³-hybridized carbons (Fsp3) is 0.647. The zero-order chi connectivity index (χ0) is 17.2. The Labute approximate surface area is 143 Å². The summed E-state index contributed by atoms with van der Waals surface area (Å²) in [5.41, 5.74) is 0. The minimum absolute atomic E-state index is 0.0651. The van der Waals surface area contributed by atoms with Gasteiger partial charge in [0.05, 0.1) is 6.54 Å². The molecule has 1 heterocycles. The maximum Gasteiger partial charge on any atom is 0.245 e. The van der Waals surface area contributed by atoms with Crippen molar-refractivity contribution >= 4 is 15.9 Å². The predicted octanol–water partition coefficient (Wildman–Crippen LogP) is 1.93. The number of aromatic nitrogens is 1. The lowest BCUT2D eigenvalue weighted by Crippen LogP contribution is -2.47. The first-order valence-electron chi connectivity index (χ1n) is 8.69. The zero-order valence-corrected chi connectivity index (χ0v) is 14.8. The van der Waals surface area contributed by atoms with Crippen LogP contribution in [0.3, 0.4) is 0 Å². The average Bonchev–Trinajstić information content (AvgIpc) is 3.40. The van der Waals surface area contributed by atoms with Gasteiger partial charge in [0, 0.05) is 24.5 Å². The van der Waals surface area contributed by atoms with Gasteiger partial charge in [0.2, 0.25) is 15.9 Å². The number of hydrogen-bond acceptors (Lipinski definition) is 4. The number of nitrogens with zero attached hydrogens (tertiary/aromatic N) is 2. The van der Waals surface area contributed by atoms with Crippen molar-refractivity contribution in [2.24, 2.45) is 5.92 Å². The van der Waals surface area contributed by atoms with Crippen LogP contribution in [0.4, 0.5) is 0 Å². The molecule has 0 bridgehead atoms. The monoisotopic (exact) mass is 351 g/mol. The second-order valence-corrected chi connectivity index (χ2v) is 8.80. The third-order valence-electron chi connectivity index (χ3n) is 4.95. The Hall–Kier alpha value is -1.47.